The van der Waals surface area contributed by atoms with Crippen LogP contribution in [-0.4, -0.2) is 12.0 Å². The molecule has 1 unspecified atom stereocenters. The van der Waals surface area contributed by atoms with Crippen LogP contribution in [0.2, 0.25) is 4.34 Å². The predicted octanol–water partition coefficient (Wildman–Crippen LogP) is 4.49. The van der Waals surface area contributed by atoms with Gasteiger partial charge in [0.25, 0.3) is 5.69 Å². The third-order valence-corrected chi connectivity index (χ3v) is 4.16. The zero-order valence-corrected chi connectivity index (χ0v) is 12.5. The van der Waals surface area contributed by atoms with Gasteiger partial charge in [-0.2, -0.15) is 0 Å². The van der Waals surface area contributed by atoms with Crippen LogP contribution in [0.5, 0.6) is 5.75 Å². The lowest BCUT2D eigenvalue weighted by Gasteiger charge is -2.14. The number of thiophene rings is 1. The Labute approximate surface area is 125 Å². The van der Waals surface area contributed by atoms with E-state index in [4.69, 9.17) is 16.3 Å². The second-order valence-electron chi connectivity index (χ2n) is 4.18. The largest absolute Gasteiger partial charge is 0.496 e. The number of anilines is 1. The van der Waals surface area contributed by atoms with Gasteiger partial charge in [-0.1, -0.05) is 11.6 Å². The molecule has 0 aliphatic heterocycles. The van der Waals surface area contributed by atoms with Crippen LogP contribution in [0, 0.1) is 10.1 Å². The number of halogens is 1. The fraction of sp³-hybridized carbons (Fsp3) is 0.231. The van der Waals surface area contributed by atoms with Crippen LogP contribution in [0.25, 0.3) is 0 Å². The van der Waals surface area contributed by atoms with Gasteiger partial charge in [-0.3, -0.25) is 10.1 Å². The van der Waals surface area contributed by atoms with Gasteiger partial charge in [0.2, 0.25) is 0 Å². The minimum atomic E-state index is -0.444. The van der Waals surface area contributed by atoms with Crippen molar-refractivity contribution < 1.29 is 9.66 Å². The third-order valence-electron chi connectivity index (χ3n) is 2.74. The van der Waals surface area contributed by atoms with Crippen LogP contribution >= 0.6 is 22.9 Å². The zero-order chi connectivity index (χ0) is 14.7. The molecule has 5 nitrogen and oxygen atoms in total. The molecule has 0 fully saturated rings. The van der Waals surface area contributed by atoms with Gasteiger partial charge in [0.1, 0.15) is 5.75 Å². The fourth-order valence-electron chi connectivity index (χ4n) is 1.77. The van der Waals surface area contributed by atoms with Gasteiger partial charge >= 0.3 is 0 Å². The van der Waals surface area contributed by atoms with Crippen LogP contribution in [-0.2, 0) is 0 Å². The maximum absolute atomic E-state index is 10.9. The van der Waals surface area contributed by atoms with Gasteiger partial charge in [-0.25, -0.2) is 0 Å². The summed E-state index contributed by atoms with van der Waals surface area (Å²) in [6.07, 6.45) is 0. The summed E-state index contributed by atoms with van der Waals surface area (Å²) in [5.74, 6) is 0.443. The van der Waals surface area contributed by atoms with Crippen molar-refractivity contribution in [1.29, 1.82) is 0 Å². The summed E-state index contributed by atoms with van der Waals surface area (Å²) in [5.41, 5.74) is 0.622. The molecule has 1 aromatic heterocycles. The average molecular weight is 313 g/mol. The highest BCUT2D eigenvalue weighted by molar-refractivity contribution is 7.16. The summed E-state index contributed by atoms with van der Waals surface area (Å²) in [6.45, 7) is 1.97. The quantitative estimate of drug-likeness (QED) is 0.652. The third kappa shape index (κ3) is 3.40. The number of nitro groups is 1. The van der Waals surface area contributed by atoms with E-state index in [2.05, 4.69) is 5.32 Å². The normalized spacial score (nSPS) is 11.9. The van der Waals surface area contributed by atoms with E-state index in [1.807, 2.05) is 19.1 Å². The summed E-state index contributed by atoms with van der Waals surface area (Å²) in [6, 6.07) is 8.34. The standard InChI is InChI=1S/C13H13ClN2O3S/c1-8(12-3-4-13(14)20-12)15-9-5-10(16(17)18)7-11(6-9)19-2/h3-8,15H,1-2H3. The molecule has 106 valence electrons. The molecule has 0 aliphatic rings. The molecule has 0 bridgehead atoms. The number of nitro benzene ring substituents is 1. The number of hydrogen-bond donors (Lipinski definition) is 1. The Morgan fingerprint density at radius 1 is 1.40 bits per heavy atom. The minimum Gasteiger partial charge on any atom is -0.496 e. The lowest BCUT2D eigenvalue weighted by molar-refractivity contribution is -0.384. The van der Waals surface area contributed by atoms with Gasteiger partial charge < -0.3 is 10.1 Å². The Morgan fingerprint density at radius 2 is 2.15 bits per heavy atom. The van der Waals surface area contributed by atoms with Crippen molar-refractivity contribution in [2.75, 3.05) is 12.4 Å². The first-order valence-corrected chi connectivity index (χ1v) is 7.04. The number of non-ortho nitro benzene ring substituents is 1. The molecule has 0 spiro atoms. The second kappa shape index (κ2) is 6.11. The first-order chi connectivity index (χ1) is 9.49. The molecule has 1 N–H and O–H groups in total. The molecule has 0 radical (unpaired) electrons. The highest BCUT2D eigenvalue weighted by Gasteiger charge is 2.13. The predicted molar refractivity (Wildman–Crippen MR) is 81.0 cm³/mol. The number of benzene rings is 1. The summed E-state index contributed by atoms with van der Waals surface area (Å²) in [4.78, 5) is 11.5. The van der Waals surface area contributed by atoms with Gasteiger partial charge in [-0.15, -0.1) is 11.3 Å². The minimum absolute atomic E-state index is 0.000731. The molecule has 1 atom stereocenters. The number of nitrogens with one attached hydrogen (secondary N) is 1. The SMILES string of the molecule is COc1cc(NC(C)c2ccc(Cl)s2)cc([N+](=O)[O-])c1. The van der Waals surface area contributed by atoms with E-state index < -0.39 is 4.92 Å². The Bertz CT molecular complexity index is 630. The molecule has 0 aliphatic carbocycles. The molecule has 0 saturated carbocycles. The van der Waals surface area contributed by atoms with Gasteiger partial charge in [0.15, 0.2) is 0 Å². The Kier molecular flexibility index (Phi) is 4.46. The van der Waals surface area contributed by atoms with E-state index in [1.54, 1.807) is 6.07 Å². The summed E-state index contributed by atoms with van der Waals surface area (Å²) >= 11 is 7.38. The summed E-state index contributed by atoms with van der Waals surface area (Å²) in [7, 11) is 1.48. The lowest BCUT2D eigenvalue weighted by Crippen LogP contribution is -2.05. The van der Waals surface area contributed by atoms with E-state index >= 15 is 0 Å². The molecule has 1 heterocycles. The maximum Gasteiger partial charge on any atom is 0.275 e. The molecule has 2 rings (SSSR count). The fourth-order valence-corrected chi connectivity index (χ4v) is 2.84. The molecule has 2 aromatic rings. The second-order valence-corrected chi connectivity index (χ2v) is 5.93. The first kappa shape index (κ1) is 14.6. The average Bonchev–Trinajstić information content (AvgIpc) is 2.85. The topological polar surface area (TPSA) is 64.4 Å². The molecular formula is C13H13ClN2O3S. The Morgan fingerprint density at radius 3 is 2.70 bits per heavy atom. The van der Waals surface area contributed by atoms with Crippen molar-refractivity contribution in [1.82, 2.24) is 0 Å². The monoisotopic (exact) mass is 312 g/mol. The molecular weight excluding hydrogens is 300 g/mol. The highest BCUT2D eigenvalue weighted by Crippen LogP contribution is 2.31. The first-order valence-electron chi connectivity index (χ1n) is 5.85. The number of methoxy groups -OCH3 is 1. The molecule has 20 heavy (non-hydrogen) atoms. The summed E-state index contributed by atoms with van der Waals surface area (Å²) < 4.78 is 5.79. The molecule has 0 saturated heterocycles. The van der Waals surface area contributed by atoms with Crippen LogP contribution < -0.4 is 10.1 Å². The van der Waals surface area contributed by atoms with Crippen molar-refractivity contribution in [3.8, 4) is 5.75 Å². The highest BCUT2D eigenvalue weighted by atomic mass is 35.5. The number of hydrogen-bond acceptors (Lipinski definition) is 5. The van der Waals surface area contributed by atoms with Crippen molar-refractivity contribution in [2.24, 2.45) is 0 Å². The van der Waals surface area contributed by atoms with Crippen LogP contribution in [0.3, 0.4) is 0 Å². The smallest absolute Gasteiger partial charge is 0.275 e. The molecule has 7 heteroatoms. The van der Waals surface area contributed by atoms with E-state index in [0.29, 0.717) is 15.8 Å². The van der Waals surface area contributed by atoms with Crippen LogP contribution in [0.4, 0.5) is 11.4 Å². The van der Waals surface area contributed by atoms with Crippen molar-refractivity contribution in [3.05, 3.63) is 49.7 Å². The Hall–Kier alpha value is -1.79. The van der Waals surface area contributed by atoms with Gasteiger partial charge in [0.05, 0.1) is 28.5 Å². The van der Waals surface area contributed by atoms with Gasteiger partial charge in [0, 0.05) is 22.7 Å². The summed E-state index contributed by atoms with van der Waals surface area (Å²) in [5, 5.41) is 14.1. The molecule has 1 aromatic carbocycles. The van der Waals surface area contributed by atoms with Crippen LogP contribution in [0.15, 0.2) is 30.3 Å². The number of rotatable bonds is 5. The number of nitrogens with zero attached hydrogens (tertiary/aromatic N) is 1. The van der Waals surface area contributed by atoms with E-state index in [9.17, 15) is 10.1 Å². The lowest BCUT2D eigenvalue weighted by atomic mass is 10.2. The molecule has 0 amide bonds. The number of ether oxygens (including phenoxy) is 1. The van der Waals surface area contributed by atoms with Crippen molar-refractivity contribution in [2.45, 2.75) is 13.0 Å². The van der Waals surface area contributed by atoms with E-state index in [0.717, 1.165) is 4.88 Å². The Balaban J connectivity index is 2.24. The van der Waals surface area contributed by atoms with Crippen molar-refractivity contribution >= 4 is 34.3 Å². The van der Waals surface area contributed by atoms with Gasteiger partial charge in [-0.05, 0) is 19.1 Å². The zero-order valence-electron chi connectivity index (χ0n) is 10.9. The van der Waals surface area contributed by atoms with E-state index in [1.165, 1.54) is 30.6 Å². The van der Waals surface area contributed by atoms with Crippen LogP contribution in [0.1, 0.15) is 17.8 Å². The van der Waals surface area contributed by atoms with E-state index in [-0.39, 0.29) is 11.7 Å². The van der Waals surface area contributed by atoms with Crippen molar-refractivity contribution in [3.63, 3.8) is 0 Å². The maximum atomic E-state index is 10.9.